The average molecular weight is 447 g/mol. The lowest BCUT2D eigenvalue weighted by atomic mass is 9.99. The van der Waals surface area contributed by atoms with Crippen molar-refractivity contribution in [3.63, 3.8) is 0 Å². The van der Waals surface area contributed by atoms with Crippen LogP contribution in [0.25, 0.3) is 0 Å². The van der Waals surface area contributed by atoms with Crippen LogP contribution in [0.15, 0.2) is 59.5 Å². The predicted octanol–water partition coefficient (Wildman–Crippen LogP) is 4.61. The smallest absolute Gasteiger partial charge is 0.264 e. The van der Waals surface area contributed by atoms with Crippen LogP contribution in [-0.4, -0.2) is 34.0 Å². The van der Waals surface area contributed by atoms with Crippen LogP contribution >= 0.6 is 0 Å². The number of unbranched alkanes of at least 4 members (excludes halogenated alkanes) is 1. The van der Waals surface area contributed by atoms with Gasteiger partial charge in [0.25, 0.3) is 10.0 Å². The van der Waals surface area contributed by atoms with Crippen molar-refractivity contribution in [1.29, 1.82) is 0 Å². The predicted molar refractivity (Wildman–Crippen MR) is 125 cm³/mol. The zero-order valence-electron chi connectivity index (χ0n) is 18.7. The summed E-state index contributed by atoms with van der Waals surface area (Å²) in [4.78, 5) is 12.9. The van der Waals surface area contributed by atoms with Gasteiger partial charge in [-0.25, -0.2) is 8.42 Å². The molecule has 0 fully saturated rings. The summed E-state index contributed by atoms with van der Waals surface area (Å²) in [5, 5.41) is 2.93. The second-order valence-electron chi connectivity index (χ2n) is 7.47. The van der Waals surface area contributed by atoms with E-state index in [2.05, 4.69) is 19.2 Å². The molecule has 1 N–H and O–H groups in total. The molecule has 1 amide bonds. The molecule has 6 nitrogen and oxygen atoms in total. The summed E-state index contributed by atoms with van der Waals surface area (Å²) in [7, 11) is -3.90. The van der Waals surface area contributed by atoms with Crippen molar-refractivity contribution >= 4 is 21.6 Å². The van der Waals surface area contributed by atoms with Crippen molar-refractivity contribution in [2.75, 3.05) is 24.0 Å². The molecule has 7 heteroatoms. The first kappa shape index (κ1) is 24.7. The van der Waals surface area contributed by atoms with Crippen molar-refractivity contribution in [3.8, 4) is 5.75 Å². The third-order valence-corrected chi connectivity index (χ3v) is 6.97. The van der Waals surface area contributed by atoms with Gasteiger partial charge in [0.05, 0.1) is 17.2 Å². The Kier molecular flexibility index (Phi) is 9.85. The minimum atomic E-state index is -3.90. The molecule has 0 heterocycles. The lowest BCUT2D eigenvalue weighted by molar-refractivity contribution is -0.119. The molecule has 170 valence electrons. The monoisotopic (exact) mass is 446 g/mol. The quantitative estimate of drug-likeness (QED) is 0.487. The normalized spacial score (nSPS) is 12.2. The molecule has 31 heavy (non-hydrogen) atoms. The number of hydrogen-bond acceptors (Lipinski definition) is 4. The van der Waals surface area contributed by atoms with E-state index in [-0.39, 0.29) is 17.3 Å². The van der Waals surface area contributed by atoms with E-state index in [1.165, 1.54) is 12.1 Å². The molecule has 1 atom stereocenters. The van der Waals surface area contributed by atoms with E-state index in [4.69, 9.17) is 4.74 Å². The van der Waals surface area contributed by atoms with Gasteiger partial charge in [0.2, 0.25) is 5.91 Å². The van der Waals surface area contributed by atoms with Gasteiger partial charge in [-0.2, -0.15) is 0 Å². The van der Waals surface area contributed by atoms with Gasteiger partial charge >= 0.3 is 0 Å². The second-order valence-corrected chi connectivity index (χ2v) is 9.33. The fraction of sp³-hybridized carbons (Fsp3) is 0.458. The molecule has 1 unspecified atom stereocenters. The maximum atomic E-state index is 13.3. The number of ether oxygens (including phenoxy) is 1. The van der Waals surface area contributed by atoms with Crippen molar-refractivity contribution in [2.24, 2.45) is 5.92 Å². The number of nitrogens with zero attached hydrogens (tertiary/aromatic N) is 1. The minimum absolute atomic E-state index is 0.145. The van der Waals surface area contributed by atoms with Gasteiger partial charge < -0.3 is 10.1 Å². The molecule has 0 aliphatic heterocycles. The molecular weight excluding hydrogens is 412 g/mol. The Hall–Kier alpha value is -2.54. The number of anilines is 1. The molecule has 0 saturated carbocycles. The lowest BCUT2D eigenvalue weighted by Gasteiger charge is -2.25. The van der Waals surface area contributed by atoms with Crippen molar-refractivity contribution in [2.45, 2.75) is 51.3 Å². The fourth-order valence-corrected chi connectivity index (χ4v) is 4.74. The Bertz CT molecular complexity index is 899. The summed E-state index contributed by atoms with van der Waals surface area (Å²) in [5.41, 5.74) is 0.417. The summed E-state index contributed by atoms with van der Waals surface area (Å²) in [5.74, 6) is 0.728. The second kappa shape index (κ2) is 12.3. The number of hydrogen-bond donors (Lipinski definition) is 1. The number of carbonyl (C=O) groups is 1. The molecule has 0 spiro atoms. The van der Waals surface area contributed by atoms with Crippen LogP contribution in [0.4, 0.5) is 5.69 Å². The summed E-state index contributed by atoms with van der Waals surface area (Å²) in [6, 6.07) is 14.9. The minimum Gasteiger partial charge on any atom is -0.494 e. The SMILES string of the molecule is CCCCC(CC)CNC(=O)CN(c1ccc(OCC)cc1)S(=O)(=O)c1ccccc1. The van der Waals surface area contributed by atoms with Crippen LogP contribution in [0.2, 0.25) is 0 Å². The molecule has 0 saturated heterocycles. The van der Waals surface area contributed by atoms with Gasteiger partial charge in [-0.1, -0.05) is 51.3 Å². The Morgan fingerprint density at radius 3 is 2.29 bits per heavy atom. The highest BCUT2D eigenvalue weighted by Gasteiger charge is 2.27. The highest BCUT2D eigenvalue weighted by Crippen LogP contribution is 2.25. The van der Waals surface area contributed by atoms with Crippen LogP contribution < -0.4 is 14.4 Å². The van der Waals surface area contributed by atoms with Gasteiger partial charge in [0, 0.05) is 6.54 Å². The van der Waals surface area contributed by atoms with E-state index in [0.29, 0.717) is 30.5 Å². The third kappa shape index (κ3) is 7.28. The number of benzene rings is 2. The zero-order chi connectivity index (χ0) is 22.7. The highest BCUT2D eigenvalue weighted by atomic mass is 32.2. The van der Waals surface area contributed by atoms with E-state index in [9.17, 15) is 13.2 Å². The van der Waals surface area contributed by atoms with Crippen LogP contribution in [-0.2, 0) is 14.8 Å². The lowest BCUT2D eigenvalue weighted by Crippen LogP contribution is -2.42. The average Bonchev–Trinajstić information content (AvgIpc) is 2.79. The topological polar surface area (TPSA) is 75.7 Å². The number of sulfonamides is 1. The van der Waals surface area contributed by atoms with Crippen LogP contribution in [0.1, 0.15) is 46.5 Å². The van der Waals surface area contributed by atoms with E-state index in [0.717, 1.165) is 30.0 Å². The zero-order valence-corrected chi connectivity index (χ0v) is 19.5. The van der Waals surface area contributed by atoms with Crippen LogP contribution in [0.3, 0.4) is 0 Å². The first-order valence-corrected chi connectivity index (χ1v) is 12.4. The third-order valence-electron chi connectivity index (χ3n) is 5.19. The molecule has 2 aromatic rings. The first-order chi connectivity index (χ1) is 14.9. The summed E-state index contributed by atoms with van der Waals surface area (Å²) in [6.45, 7) is 6.93. The molecule has 2 aromatic carbocycles. The molecular formula is C24H34N2O4S. The Morgan fingerprint density at radius 2 is 1.71 bits per heavy atom. The molecule has 2 rings (SSSR count). The fourth-order valence-electron chi connectivity index (χ4n) is 3.30. The van der Waals surface area contributed by atoms with E-state index in [1.807, 2.05) is 6.92 Å². The van der Waals surface area contributed by atoms with Gasteiger partial charge in [-0.05, 0) is 55.7 Å². The molecule has 0 aliphatic rings. The largest absolute Gasteiger partial charge is 0.494 e. The summed E-state index contributed by atoms with van der Waals surface area (Å²) >= 11 is 0. The number of carbonyl (C=O) groups excluding carboxylic acids is 1. The highest BCUT2D eigenvalue weighted by molar-refractivity contribution is 7.92. The Morgan fingerprint density at radius 1 is 1.03 bits per heavy atom. The summed E-state index contributed by atoms with van der Waals surface area (Å²) < 4.78 is 33.3. The maximum Gasteiger partial charge on any atom is 0.264 e. The molecule has 0 radical (unpaired) electrons. The number of amides is 1. The van der Waals surface area contributed by atoms with Crippen molar-refractivity contribution in [1.82, 2.24) is 5.32 Å². The Labute approximate surface area is 186 Å². The molecule has 0 aliphatic carbocycles. The maximum absolute atomic E-state index is 13.3. The van der Waals surface area contributed by atoms with Gasteiger partial charge in [0.15, 0.2) is 0 Å². The van der Waals surface area contributed by atoms with Crippen molar-refractivity contribution < 1.29 is 17.9 Å². The van der Waals surface area contributed by atoms with E-state index < -0.39 is 10.0 Å². The summed E-state index contributed by atoms with van der Waals surface area (Å²) in [6.07, 6.45) is 4.27. The number of nitrogens with one attached hydrogen (secondary N) is 1. The molecule has 0 bridgehead atoms. The molecule has 0 aromatic heterocycles. The number of rotatable bonds is 13. The first-order valence-electron chi connectivity index (χ1n) is 11.0. The standard InChI is InChI=1S/C24H34N2O4S/c1-4-7-11-20(5-2)18-25-24(27)19-26(21-14-16-22(17-15-21)30-6-3)31(28,29)23-12-9-8-10-13-23/h8-10,12-17,20H,4-7,11,18-19H2,1-3H3,(H,25,27). The van der Waals surface area contributed by atoms with Gasteiger partial charge in [0.1, 0.15) is 12.3 Å². The van der Waals surface area contributed by atoms with E-state index in [1.54, 1.807) is 42.5 Å². The van der Waals surface area contributed by atoms with Crippen LogP contribution in [0, 0.1) is 5.92 Å². The van der Waals surface area contributed by atoms with Crippen molar-refractivity contribution in [3.05, 3.63) is 54.6 Å². The van der Waals surface area contributed by atoms with E-state index >= 15 is 0 Å². The van der Waals surface area contributed by atoms with Crippen LogP contribution in [0.5, 0.6) is 5.75 Å². The van der Waals surface area contributed by atoms with Gasteiger partial charge in [-0.15, -0.1) is 0 Å². The Balaban J connectivity index is 2.22. The van der Waals surface area contributed by atoms with Gasteiger partial charge in [-0.3, -0.25) is 9.10 Å².